The number of benzene rings is 2. The molecule has 160 valence electrons. The summed E-state index contributed by atoms with van der Waals surface area (Å²) in [7, 11) is 0. The Morgan fingerprint density at radius 3 is 2.59 bits per heavy atom. The first kappa shape index (κ1) is 20.1. The van der Waals surface area contributed by atoms with Crippen molar-refractivity contribution in [3.8, 4) is 11.1 Å². The Morgan fingerprint density at radius 2 is 1.84 bits per heavy atom. The van der Waals surface area contributed by atoms with E-state index in [1.54, 1.807) is 23.0 Å². The zero-order chi connectivity index (χ0) is 22.1. The summed E-state index contributed by atoms with van der Waals surface area (Å²) in [4.78, 5) is 17.2. The van der Waals surface area contributed by atoms with Gasteiger partial charge in [0.25, 0.3) is 5.91 Å². The van der Waals surface area contributed by atoms with Gasteiger partial charge in [-0.3, -0.25) is 9.78 Å². The van der Waals surface area contributed by atoms with E-state index < -0.39 is 0 Å². The fraction of sp³-hybridized carbons (Fsp3) is 0.200. The highest BCUT2D eigenvalue weighted by molar-refractivity contribution is 6.03. The average molecular weight is 427 g/mol. The van der Waals surface area contributed by atoms with E-state index in [-0.39, 0.29) is 17.8 Å². The Kier molecular flexibility index (Phi) is 5.23. The van der Waals surface area contributed by atoms with Crippen LogP contribution in [0.3, 0.4) is 0 Å². The van der Waals surface area contributed by atoms with Gasteiger partial charge in [-0.2, -0.15) is 0 Å². The zero-order valence-electron chi connectivity index (χ0n) is 17.6. The Morgan fingerprint density at radius 1 is 1.06 bits per heavy atom. The summed E-state index contributed by atoms with van der Waals surface area (Å²) in [6.45, 7) is 1.96. The summed E-state index contributed by atoms with van der Waals surface area (Å²) < 4.78 is 15.1. The highest BCUT2D eigenvalue weighted by atomic mass is 19.1. The Labute approximate surface area is 185 Å². The number of aryl methyl sites for hydroxylation is 1. The van der Waals surface area contributed by atoms with Gasteiger partial charge in [-0.25, -0.2) is 9.07 Å². The number of hydrogen-bond acceptors (Lipinski definition) is 4. The third-order valence-corrected chi connectivity index (χ3v) is 5.82. The normalized spacial score (nSPS) is 15.2. The molecule has 5 rings (SSSR count). The van der Waals surface area contributed by atoms with Crippen molar-refractivity contribution in [3.05, 3.63) is 95.3 Å². The topological polar surface area (TPSA) is 72.7 Å². The van der Waals surface area contributed by atoms with Crippen LogP contribution < -0.4 is 5.32 Å². The average Bonchev–Trinajstić information content (AvgIpc) is 3.25. The molecule has 2 aromatic carbocycles. The molecule has 0 fully saturated rings. The fourth-order valence-corrected chi connectivity index (χ4v) is 4.21. The van der Waals surface area contributed by atoms with Crippen molar-refractivity contribution in [2.45, 2.75) is 32.2 Å². The van der Waals surface area contributed by atoms with Gasteiger partial charge in [0.05, 0.1) is 11.7 Å². The number of halogens is 1. The Bertz CT molecular complexity index is 1260. The van der Waals surface area contributed by atoms with Gasteiger partial charge in [-0.05, 0) is 79.3 Å². The molecule has 1 aliphatic rings. The molecule has 0 aliphatic carbocycles. The molecular weight excluding hydrogens is 405 g/mol. The third-order valence-electron chi connectivity index (χ3n) is 5.82. The minimum Gasteiger partial charge on any atom is -0.321 e. The summed E-state index contributed by atoms with van der Waals surface area (Å²) >= 11 is 0. The SMILES string of the molecule is Cc1cc(-c2ccc(NC(=O)c3nnn4c3CCCC4c3ccc(F)cc3)cc2)ccn1. The van der Waals surface area contributed by atoms with Gasteiger partial charge < -0.3 is 5.32 Å². The number of fused-ring (bicyclic) bond motifs is 1. The first-order valence-electron chi connectivity index (χ1n) is 10.6. The van der Waals surface area contributed by atoms with Crippen LogP contribution >= 0.6 is 0 Å². The van der Waals surface area contributed by atoms with Crippen molar-refractivity contribution in [1.82, 2.24) is 20.0 Å². The lowest BCUT2D eigenvalue weighted by Crippen LogP contribution is -2.22. The second-order valence-corrected chi connectivity index (χ2v) is 8.01. The quantitative estimate of drug-likeness (QED) is 0.499. The predicted molar refractivity (Wildman–Crippen MR) is 120 cm³/mol. The highest BCUT2D eigenvalue weighted by Gasteiger charge is 2.28. The molecule has 0 spiro atoms. The third kappa shape index (κ3) is 3.89. The van der Waals surface area contributed by atoms with Crippen LogP contribution in [0.5, 0.6) is 0 Å². The largest absolute Gasteiger partial charge is 0.321 e. The zero-order valence-corrected chi connectivity index (χ0v) is 17.6. The number of hydrogen-bond donors (Lipinski definition) is 1. The monoisotopic (exact) mass is 427 g/mol. The van der Waals surface area contributed by atoms with Gasteiger partial charge in [-0.15, -0.1) is 5.10 Å². The van der Waals surface area contributed by atoms with Crippen LogP contribution in [0.4, 0.5) is 10.1 Å². The van der Waals surface area contributed by atoms with E-state index in [1.807, 2.05) is 43.3 Å². The first-order chi connectivity index (χ1) is 15.6. The lowest BCUT2D eigenvalue weighted by atomic mass is 9.96. The molecule has 7 heteroatoms. The van der Waals surface area contributed by atoms with Crippen LogP contribution in [-0.4, -0.2) is 25.9 Å². The number of pyridine rings is 1. The fourth-order valence-electron chi connectivity index (χ4n) is 4.21. The molecule has 4 aromatic rings. The Hall–Kier alpha value is -3.87. The van der Waals surface area contributed by atoms with Gasteiger partial charge in [0.1, 0.15) is 5.82 Å². The van der Waals surface area contributed by atoms with Crippen molar-refractivity contribution in [2.24, 2.45) is 0 Å². The van der Waals surface area contributed by atoms with Gasteiger partial charge >= 0.3 is 0 Å². The van der Waals surface area contributed by atoms with Crippen LogP contribution in [0.2, 0.25) is 0 Å². The van der Waals surface area contributed by atoms with E-state index >= 15 is 0 Å². The van der Waals surface area contributed by atoms with Gasteiger partial charge in [-0.1, -0.05) is 29.5 Å². The molecule has 1 amide bonds. The van der Waals surface area contributed by atoms with Gasteiger partial charge in [0, 0.05) is 17.6 Å². The summed E-state index contributed by atoms with van der Waals surface area (Å²) in [6.07, 6.45) is 4.30. The van der Waals surface area contributed by atoms with E-state index in [9.17, 15) is 9.18 Å². The molecule has 6 nitrogen and oxygen atoms in total. The van der Waals surface area contributed by atoms with Crippen LogP contribution in [0.1, 0.15) is 46.3 Å². The minimum absolute atomic E-state index is 0.0449. The Balaban J connectivity index is 1.35. The summed E-state index contributed by atoms with van der Waals surface area (Å²) in [5.41, 5.74) is 5.89. The molecule has 3 heterocycles. The van der Waals surface area contributed by atoms with Gasteiger partial charge in [0.2, 0.25) is 0 Å². The second-order valence-electron chi connectivity index (χ2n) is 8.01. The maximum Gasteiger partial charge on any atom is 0.278 e. The molecule has 0 saturated carbocycles. The lowest BCUT2D eigenvalue weighted by molar-refractivity contribution is 0.102. The molecule has 1 unspecified atom stereocenters. The molecule has 1 aliphatic heterocycles. The molecule has 2 aromatic heterocycles. The van der Waals surface area contributed by atoms with E-state index in [2.05, 4.69) is 20.6 Å². The van der Waals surface area contributed by atoms with Crippen molar-refractivity contribution >= 4 is 11.6 Å². The van der Waals surface area contributed by atoms with Crippen molar-refractivity contribution in [2.75, 3.05) is 5.32 Å². The van der Waals surface area contributed by atoms with Crippen LogP contribution in [0.25, 0.3) is 11.1 Å². The number of nitrogens with zero attached hydrogens (tertiary/aromatic N) is 4. The van der Waals surface area contributed by atoms with E-state index in [0.29, 0.717) is 11.4 Å². The lowest BCUT2D eigenvalue weighted by Gasteiger charge is -2.24. The molecule has 0 radical (unpaired) electrons. The number of carbonyl (C=O) groups excluding carboxylic acids is 1. The van der Waals surface area contributed by atoms with Crippen LogP contribution in [0.15, 0.2) is 66.9 Å². The number of rotatable bonds is 4. The molecule has 0 saturated heterocycles. The smallest absolute Gasteiger partial charge is 0.278 e. The van der Waals surface area contributed by atoms with E-state index in [0.717, 1.165) is 47.3 Å². The van der Waals surface area contributed by atoms with Crippen LogP contribution in [0, 0.1) is 12.7 Å². The van der Waals surface area contributed by atoms with E-state index in [1.165, 1.54) is 12.1 Å². The van der Waals surface area contributed by atoms with Crippen molar-refractivity contribution in [3.63, 3.8) is 0 Å². The molecular formula is C25H22FN5O. The number of amides is 1. The molecule has 32 heavy (non-hydrogen) atoms. The summed E-state index contributed by atoms with van der Waals surface area (Å²) in [5.74, 6) is -0.549. The second kappa shape index (κ2) is 8.34. The van der Waals surface area contributed by atoms with Crippen molar-refractivity contribution in [1.29, 1.82) is 0 Å². The van der Waals surface area contributed by atoms with Gasteiger partial charge in [0.15, 0.2) is 5.69 Å². The number of anilines is 1. The maximum atomic E-state index is 13.3. The minimum atomic E-state index is -0.279. The molecule has 0 bridgehead atoms. The standard InChI is InChI=1S/C25H22FN5O/c1-16-15-19(13-14-27-16)17-7-11-21(12-8-17)28-25(32)24-23-4-2-3-22(31(23)30-29-24)18-5-9-20(26)10-6-18/h5-15,22H,2-4H2,1H3,(H,28,32). The predicted octanol–water partition coefficient (Wildman–Crippen LogP) is 4.97. The number of carbonyl (C=O) groups is 1. The molecule has 1 N–H and O–H groups in total. The number of aromatic nitrogens is 4. The highest BCUT2D eigenvalue weighted by Crippen LogP contribution is 2.31. The summed E-state index contributed by atoms with van der Waals surface area (Å²) in [5, 5.41) is 11.4. The first-order valence-corrected chi connectivity index (χ1v) is 10.6. The van der Waals surface area contributed by atoms with E-state index in [4.69, 9.17) is 0 Å². The maximum absolute atomic E-state index is 13.3. The molecule has 1 atom stereocenters. The summed E-state index contributed by atoms with van der Waals surface area (Å²) in [6, 6.07) is 18.1. The van der Waals surface area contributed by atoms with Crippen molar-refractivity contribution < 1.29 is 9.18 Å². The number of nitrogens with one attached hydrogen (secondary N) is 1. The van der Waals surface area contributed by atoms with Crippen LogP contribution in [-0.2, 0) is 6.42 Å².